The first kappa shape index (κ1) is 49.5. The molecule has 0 saturated carbocycles. The average molecular weight is 1000 g/mol. The number of aryl methyl sites for hydroxylation is 2. The molecule has 0 spiro atoms. The van der Waals surface area contributed by atoms with Gasteiger partial charge in [0.2, 0.25) is 0 Å². The van der Waals surface area contributed by atoms with E-state index in [0.29, 0.717) is 114 Å². The molecule has 4 N–H and O–H groups in total. The van der Waals surface area contributed by atoms with Crippen LogP contribution in [0.3, 0.4) is 0 Å². The number of hydrogen-bond acceptors (Lipinski definition) is 13. The number of aromatic nitrogens is 3. The lowest BCUT2D eigenvalue weighted by molar-refractivity contribution is -0.387. The maximum atomic E-state index is 13.5. The largest absolute Gasteiger partial charge is 0.491 e. The molecule has 2 aliphatic heterocycles. The fourth-order valence-electron chi connectivity index (χ4n) is 7.89. The normalized spacial score (nSPS) is 16.8. The van der Waals surface area contributed by atoms with Crippen LogP contribution in [0.4, 0.5) is 35.2 Å². The number of carbonyl (C=O) groups is 1. The number of nitro groups is 1. The standard InChI is InChI=1S/C46H54BrF3N8O9/c1-30-20-41(39(24-37(30)47)54-44(59)55-43-26-51-31(2)25-52-43)67-29-35-28-56(13-15-65-35)10-3-14-63-16-17-64-18-19-66-34-6-4-32(5-7-34)27-57-11-8-45(60,9-12-57)42-22-33-21-40(58(61)62)36(46(48,49)50)23-38(33)53-42/h4-7,20-26,35,53,60H,3,8-19,27-29H2,1-2H3,(H2,52,54,55,59)/t35-/m0/s1. The first-order valence-corrected chi connectivity index (χ1v) is 22.8. The van der Waals surface area contributed by atoms with E-state index in [4.69, 9.17) is 23.7 Å². The summed E-state index contributed by atoms with van der Waals surface area (Å²) in [4.78, 5) is 38.7. The number of nitrogens with zero attached hydrogens (tertiary/aromatic N) is 5. The Morgan fingerprint density at radius 3 is 2.43 bits per heavy atom. The second kappa shape index (κ2) is 22.6. The van der Waals surface area contributed by atoms with Gasteiger partial charge in [-0.25, -0.2) is 9.78 Å². The summed E-state index contributed by atoms with van der Waals surface area (Å²) in [5, 5.41) is 28.5. The van der Waals surface area contributed by atoms with Crippen LogP contribution in [-0.4, -0.2) is 126 Å². The second-order valence-corrected chi connectivity index (χ2v) is 17.5. The van der Waals surface area contributed by atoms with Gasteiger partial charge in [0.15, 0.2) is 5.82 Å². The zero-order chi connectivity index (χ0) is 47.6. The lowest BCUT2D eigenvalue weighted by Gasteiger charge is -2.37. The smallest absolute Gasteiger partial charge is 0.423 e. The number of nitro benzene ring substituents is 1. The summed E-state index contributed by atoms with van der Waals surface area (Å²) in [6.07, 6.45) is -0.453. The Hall–Kier alpha value is -5.42. The van der Waals surface area contributed by atoms with E-state index in [0.717, 1.165) is 52.9 Å². The Morgan fingerprint density at radius 1 is 0.970 bits per heavy atom. The summed E-state index contributed by atoms with van der Waals surface area (Å²) in [5.74, 6) is 1.57. The van der Waals surface area contributed by atoms with Crippen molar-refractivity contribution in [1.29, 1.82) is 0 Å². The molecule has 2 saturated heterocycles. The van der Waals surface area contributed by atoms with Crippen molar-refractivity contribution in [2.45, 2.75) is 57.5 Å². The second-order valence-electron chi connectivity index (χ2n) is 16.6. The van der Waals surface area contributed by atoms with Gasteiger partial charge in [-0.2, -0.15) is 13.2 Å². The molecule has 21 heteroatoms. The zero-order valence-electron chi connectivity index (χ0n) is 37.2. The Kier molecular flexibility index (Phi) is 16.7. The molecular formula is C46H54BrF3N8O9. The molecule has 0 radical (unpaired) electrons. The molecule has 0 unspecified atom stereocenters. The molecule has 17 nitrogen and oxygen atoms in total. The van der Waals surface area contributed by atoms with Gasteiger partial charge in [0.05, 0.1) is 55.1 Å². The van der Waals surface area contributed by atoms with Crippen LogP contribution in [0.25, 0.3) is 10.9 Å². The molecule has 67 heavy (non-hydrogen) atoms. The van der Waals surface area contributed by atoms with Crippen LogP contribution < -0.4 is 20.1 Å². The monoisotopic (exact) mass is 998 g/mol. The van der Waals surface area contributed by atoms with Crippen molar-refractivity contribution in [3.63, 3.8) is 0 Å². The highest BCUT2D eigenvalue weighted by Crippen LogP contribution is 2.41. The number of hydrogen-bond donors (Lipinski definition) is 4. The van der Waals surface area contributed by atoms with Gasteiger partial charge in [-0.05, 0) is 80.6 Å². The topological polar surface area (TPSA) is 199 Å². The maximum Gasteiger partial charge on any atom is 0.423 e. The fourth-order valence-corrected chi connectivity index (χ4v) is 8.24. The first-order valence-electron chi connectivity index (χ1n) is 22.0. The SMILES string of the molecule is Cc1cnc(NC(=O)Nc2cc(Br)c(C)cc2OC[C@@H]2CN(CCCOCCOCCOc3ccc(CN4CCC(O)(c5cc6cc([N+](=O)[O-])c(C(F)(F)F)cc6[nH]5)CC4)cc3)CCO2)cn1. The molecule has 7 rings (SSSR count). The number of nitrogens with one attached hydrogen (secondary N) is 3. The van der Waals surface area contributed by atoms with E-state index in [1.54, 1.807) is 12.3 Å². The number of halogens is 4. The number of H-pyrrole nitrogens is 1. The number of aliphatic hydroxyl groups is 1. The van der Waals surface area contributed by atoms with Crippen molar-refractivity contribution in [3.05, 3.63) is 110 Å². The minimum absolute atomic E-state index is 0.0806. The number of amides is 2. The third-order valence-corrected chi connectivity index (χ3v) is 12.4. The molecule has 2 fully saturated rings. The number of alkyl halides is 3. The van der Waals surface area contributed by atoms with Crippen LogP contribution in [0.2, 0.25) is 0 Å². The number of piperidine rings is 1. The van der Waals surface area contributed by atoms with Crippen LogP contribution in [0.1, 0.15) is 47.3 Å². The molecular weight excluding hydrogens is 945 g/mol. The summed E-state index contributed by atoms with van der Waals surface area (Å²) in [7, 11) is 0. The van der Waals surface area contributed by atoms with Gasteiger partial charge in [-0.3, -0.25) is 30.2 Å². The van der Waals surface area contributed by atoms with E-state index in [-0.39, 0.29) is 17.0 Å². The van der Waals surface area contributed by atoms with E-state index >= 15 is 0 Å². The number of morpholine rings is 1. The summed E-state index contributed by atoms with van der Waals surface area (Å²) in [6.45, 7) is 11.0. The van der Waals surface area contributed by atoms with Crippen molar-refractivity contribution in [2.24, 2.45) is 0 Å². The molecule has 0 aliphatic carbocycles. The molecule has 5 aromatic rings. The predicted molar refractivity (Wildman–Crippen MR) is 247 cm³/mol. The Balaban J connectivity index is 0.734. The molecule has 0 bridgehead atoms. The number of fused-ring (bicyclic) bond motifs is 1. The van der Waals surface area contributed by atoms with Gasteiger partial charge < -0.3 is 39.1 Å². The van der Waals surface area contributed by atoms with E-state index in [1.807, 2.05) is 44.2 Å². The van der Waals surface area contributed by atoms with Crippen LogP contribution in [-0.2, 0) is 32.5 Å². The number of aromatic amines is 1. The van der Waals surface area contributed by atoms with Crippen LogP contribution in [0.15, 0.2) is 71.5 Å². The van der Waals surface area contributed by atoms with Gasteiger partial charge in [0, 0.05) is 73.0 Å². The average Bonchev–Trinajstić information content (AvgIpc) is 3.74. The lowest BCUT2D eigenvalue weighted by Crippen LogP contribution is -2.45. The summed E-state index contributed by atoms with van der Waals surface area (Å²) < 4.78 is 70.9. The number of carbonyl (C=O) groups excluding carboxylic acids is 1. The molecule has 2 aromatic heterocycles. The van der Waals surface area contributed by atoms with Gasteiger partial charge >= 0.3 is 12.2 Å². The number of benzene rings is 3. The highest BCUT2D eigenvalue weighted by molar-refractivity contribution is 9.10. The first-order chi connectivity index (χ1) is 32.1. The summed E-state index contributed by atoms with van der Waals surface area (Å²) in [5.41, 5.74) is 0.0120. The predicted octanol–water partition coefficient (Wildman–Crippen LogP) is 7.97. The fraction of sp³-hybridized carbons (Fsp3) is 0.457. The van der Waals surface area contributed by atoms with Crippen molar-refractivity contribution in [2.75, 3.05) is 89.6 Å². The van der Waals surface area contributed by atoms with E-state index < -0.39 is 34.0 Å². The Bertz CT molecular complexity index is 2450. The van der Waals surface area contributed by atoms with Gasteiger partial charge in [-0.15, -0.1) is 0 Å². The van der Waals surface area contributed by atoms with Crippen molar-refractivity contribution in [1.82, 2.24) is 24.8 Å². The minimum atomic E-state index is -4.89. The summed E-state index contributed by atoms with van der Waals surface area (Å²) in [6, 6.07) is 14.1. The van der Waals surface area contributed by atoms with Crippen LogP contribution in [0, 0.1) is 24.0 Å². The zero-order valence-corrected chi connectivity index (χ0v) is 38.8. The van der Waals surface area contributed by atoms with Crippen molar-refractivity contribution < 1.29 is 51.7 Å². The van der Waals surface area contributed by atoms with Crippen molar-refractivity contribution >= 4 is 50.1 Å². The van der Waals surface area contributed by atoms with Gasteiger partial charge in [0.1, 0.15) is 42.0 Å². The van der Waals surface area contributed by atoms with Gasteiger partial charge in [0.25, 0.3) is 5.69 Å². The maximum absolute atomic E-state index is 13.5. The highest BCUT2D eigenvalue weighted by Gasteiger charge is 2.40. The van der Waals surface area contributed by atoms with E-state index in [1.165, 1.54) is 12.3 Å². The van der Waals surface area contributed by atoms with Crippen LogP contribution >= 0.6 is 15.9 Å². The number of likely N-dealkylation sites (tertiary alicyclic amines) is 1. The number of urea groups is 1. The quantitative estimate of drug-likeness (QED) is 0.0333. The summed E-state index contributed by atoms with van der Waals surface area (Å²) >= 11 is 3.54. The minimum Gasteiger partial charge on any atom is -0.491 e. The molecule has 360 valence electrons. The van der Waals surface area contributed by atoms with E-state index in [9.17, 15) is 33.2 Å². The molecule has 3 aromatic carbocycles. The third kappa shape index (κ3) is 13.8. The van der Waals surface area contributed by atoms with E-state index in [2.05, 4.69) is 51.3 Å². The molecule has 2 aliphatic rings. The highest BCUT2D eigenvalue weighted by atomic mass is 79.9. The number of anilines is 2. The Morgan fingerprint density at radius 2 is 1.72 bits per heavy atom. The number of ether oxygens (including phenoxy) is 5. The third-order valence-electron chi connectivity index (χ3n) is 11.6. The Labute approximate surface area is 393 Å². The molecule has 4 heterocycles. The number of rotatable bonds is 20. The van der Waals surface area contributed by atoms with Gasteiger partial charge in [-0.1, -0.05) is 28.1 Å². The van der Waals surface area contributed by atoms with Crippen LogP contribution in [0.5, 0.6) is 11.5 Å². The van der Waals surface area contributed by atoms with Crippen molar-refractivity contribution in [3.8, 4) is 11.5 Å². The molecule has 1 atom stereocenters. The molecule has 2 amide bonds. The lowest BCUT2D eigenvalue weighted by atomic mass is 9.88.